The Morgan fingerprint density at radius 1 is 1.08 bits per heavy atom. The Kier molecular flexibility index (Phi) is 5.98. The fraction of sp³-hybridized carbons (Fsp3) is 0.278. The number of carbonyl (C=O) groups is 1. The van der Waals surface area contributed by atoms with E-state index in [0.717, 1.165) is 5.56 Å². The lowest BCUT2D eigenvalue weighted by Crippen LogP contribution is -2.32. The molecule has 0 heterocycles. The number of hydrogen-bond acceptors (Lipinski definition) is 4. The molecule has 128 valence electrons. The van der Waals surface area contributed by atoms with E-state index >= 15 is 0 Å². The number of ether oxygens (including phenoxy) is 1. The van der Waals surface area contributed by atoms with Crippen molar-refractivity contribution in [2.45, 2.75) is 18.4 Å². The van der Waals surface area contributed by atoms with Gasteiger partial charge in [-0.1, -0.05) is 37.3 Å². The molecule has 0 aromatic heterocycles. The van der Waals surface area contributed by atoms with Crippen LogP contribution < -0.4 is 10.1 Å². The second-order valence-corrected chi connectivity index (χ2v) is 7.60. The molecule has 1 atom stereocenters. The Morgan fingerprint density at radius 2 is 1.71 bits per heavy atom. The first-order valence-electron chi connectivity index (χ1n) is 7.61. The molecule has 2 rings (SSSR count). The number of methoxy groups -OCH3 is 1. The third-order valence-corrected chi connectivity index (χ3v) is 5.57. The summed E-state index contributed by atoms with van der Waals surface area (Å²) in [6.45, 7) is 1.99. The van der Waals surface area contributed by atoms with Crippen molar-refractivity contribution in [1.29, 1.82) is 0 Å². The van der Waals surface area contributed by atoms with Crippen LogP contribution in [0.2, 0.25) is 0 Å². The standard InChI is InChI=1S/C18H21NO4S/c1-14(18(20)19-12-15-6-4-3-5-7-15)13-24(21,22)17-10-8-16(23-2)9-11-17/h3-11,14H,12-13H2,1-2H3,(H,19,20)/t14-/m0/s1. The Balaban J connectivity index is 1.96. The van der Waals surface area contributed by atoms with E-state index in [1.54, 1.807) is 19.1 Å². The summed E-state index contributed by atoms with van der Waals surface area (Å²) in [7, 11) is -2.01. The van der Waals surface area contributed by atoms with Gasteiger partial charge >= 0.3 is 0 Å². The van der Waals surface area contributed by atoms with E-state index in [-0.39, 0.29) is 16.6 Å². The lowest BCUT2D eigenvalue weighted by molar-refractivity contribution is -0.124. The zero-order valence-electron chi connectivity index (χ0n) is 13.7. The normalized spacial score (nSPS) is 12.4. The summed E-state index contributed by atoms with van der Waals surface area (Å²) in [5.41, 5.74) is 0.969. The lowest BCUT2D eigenvalue weighted by atomic mass is 10.2. The van der Waals surface area contributed by atoms with Gasteiger partial charge < -0.3 is 10.1 Å². The average molecular weight is 347 g/mol. The van der Waals surface area contributed by atoms with Gasteiger partial charge in [-0.3, -0.25) is 4.79 Å². The van der Waals surface area contributed by atoms with Crippen molar-refractivity contribution in [1.82, 2.24) is 5.32 Å². The Hall–Kier alpha value is -2.34. The molecule has 6 heteroatoms. The molecule has 0 saturated heterocycles. The van der Waals surface area contributed by atoms with Crippen molar-refractivity contribution >= 4 is 15.7 Å². The minimum absolute atomic E-state index is 0.186. The summed E-state index contributed by atoms with van der Waals surface area (Å²) in [5.74, 6) is -0.570. The van der Waals surface area contributed by atoms with E-state index in [1.807, 2.05) is 30.3 Å². The molecule has 5 nitrogen and oxygen atoms in total. The van der Waals surface area contributed by atoms with Crippen LogP contribution in [0.4, 0.5) is 0 Å². The molecule has 0 bridgehead atoms. The maximum absolute atomic E-state index is 12.4. The van der Waals surface area contributed by atoms with E-state index < -0.39 is 15.8 Å². The van der Waals surface area contributed by atoms with E-state index in [1.165, 1.54) is 19.2 Å². The second-order valence-electron chi connectivity index (χ2n) is 5.56. The van der Waals surface area contributed by atoms with Crippen molar-refractivity contribution in [3.05, 3.63) is 60.2 Å². The Morgan fingerprint density at radius 3 is 2.29 bits per heavy atom. The molecule has 0 saturated carbocycles. The molecule has 0 fully saturated rings. The number of nitrogens with one attached hydrogen (secondary N) is 1. The number of benzene rings is 2. The summed E-state index contributed by atoms with van der Waals surface area (Å²) in [4.78, 5) is 12.3. The minimum atomic E-state index is -3.53. The molecule has 0 aliphatic rings. The quantitative estimate of drug-likeness (QED) is 0.835. The molecular weight excluding hydrogens is 326 g/mol. The van der Waals surface area contributed by atoms with Crippen molar-refractivity contribution in [3.8, 4) is 5.75 Å². The minimum Gasteiger partial charge on any atom is -0.497 e. The van der Waals surface area contributed by atoms with Crippen molar-refractivity contribution < 1.29 is 17.9 Å². The van der Waals surface area contributed by atoms with Crippen LogP contribution in [0.15, 0.2) is 59.5 Å². The SMILES string of the molecule is COc1ccc(S(=O)(=O)C[C@H](C)C(=O)NCc2ccccc2)cc1. The molecule has 1 N–H and O–H groups in total. The summed E-state index contributed by atoms with van der Waals surface area (Å²) in [5, 5.41) is 2.77. The van der Waals surface area contributed by atoms with Crippen molar-refractivity contribution in [3.63, 3.8) is 0 Å². The maximum atomic E-state index is 12.4. The van der Waals surface area contributed by atoms with Gasteiger partial charge in [-0.05, 0) is 29.8 Å². The largest absolute Gasteiger partial charge is 0.497 e. The van der Waals surface area contributed by atoms with Crippen LogP contribution in [0, 0.1) is 5.92 Å². The van der Waals surface area contributed by atoms with E-state index in [0.29, 0.717) is 12.3 Å². The van der Waals surface area contributed by atoms with E-state index in [4.69, 9.17) is 4.74 Å². The number of sulfone groups is 1. The van der Waals surface area contributed by atoms with Gasteiger partial charge in [0.15, 0.2) is 9.84 Å². The smallest absolute Gasteiger partial charge is 0.224 e. The zero-order valence-corrected chi connectivity index (χ0v) is 14.5. The van der Waals surface area contributed by atoms with Crippen LogP contribution in [0.5, 0.6) is 5.75 Å². The van der Waals surface area contributed by atoms with Gasteiger partial charge in [0, 0.05) is 12.5 Å². The fourth-order valence-electron chi connectivity index (χ4n) is 2.24. The first kappa shape index (κ1) is 18.0. The third kappa shape index (κ3) is 4.83. The van der Waals surface area contributed by atoms with Gasteiger partial charge in [-0.2, -0.15) is 0 Å². The maximum Gasteiger partial charge on any atom is 0.224 e. The highest BCUT2D eigenvalue weighted by Gasteiger charge is 2.23. The summed E-state index contributed by atoms with van der Waals surface area (Å²) in [6.07, 6.45) is 0. The Bertz CT molecular complexity index is 770. The molecule has 0 spiro atoms. The number of carbonyl (C=O) groups excluding carboxylic acids is 1. The highest BCUT2D eigenvalue weighted by atomic mass is 32.2. The van der Waals surface area contributed by atoms with Gasteiger partial charge in [-0.15, -0.1) is 0 Å². The highest BCUT2D eigenvalue weighted by molar-refractivity contribution is 7.91. The predicted octanol–water partition coefficient (Wildman–Crippen LogP) is 2.42. The first-order valence-corrected chi connectivity index (χ1v) is 9.26. The summed E-state index contributed by atoms with van der Waals surface area (Å²) >= 11 is 0. The molecule has 24 heavy (non-hydrogen) atoms. The number of amides is 1. The zero-order chi connectivity index (χ0) is 17.6. The van der Waals surface area contributed by atoms with Crippen LogP contribution in [-0.4, -0.2) is 27.2 Å². The molecule has 2 aromatic carbocycles. The molecule has 0 aliphatic heterocycles. The number of rotatable bonds is 7. The van der Waals surface area contributed by atoms with Crippen LogP contribution in [0.1, 0.15) is 12.5 Å². The number of hydrogen-bond donors (Lipinski definition) is 1. The lowest BCUT2D eigenvalue weighted by Gasteiger charge is -2.13. The predicted molar refractivity (Wildman–Crippen MR) is 92.5 cm³/mol. The van der Waals surface area contributed by atoms with Crippen LogP contribution in [0.25, 0.3) is 0 Å². The molecule has 0 radical (unpaired) electrons. The third-order valence-electron chi connectivity index (χ3n) is 3.65. The highest BCUT2D eigenvalue weighted by Crippen LogP contribution is 2.18. The van der Waals surface area contributed by atoms with E-state index in [2.05, 4.69) is 5.32 Å². The van der Waals surface area contributed by atoms with Gasteiger partial charge in [0.1, 0.15) is 5.75 Å². The second kappa shape index (κ2) is 7.97. The van der Waals surface area contributed by atoms with Crippen molar-refractivity contribution in [2.24, 2.45) is 5.92 Å². The van der Waals surface area contributed by atoms with E-state index in [9.17, 15) is 13.2 Å². The summed E-state index contributed by atoms with van der Waals surface area (Å²) in [6, 6.07) is 15.6. The Labute approximate surface area is 142 Å². The molecule has 2 aromatic rings. The monoisotopic (exact) mass is 347 g/mol. The van der Waals surface area contributed by atoms with Crippen LogP contribution in [-0.2, 0) is 21.2 Å². The fourth-order valence-corrected chi connectivity index (χ4v) is 3.80. The van der Waals surface area contributed by atoms with Gasteiger partial charge in [0.05, 0.1) is 17.8 Å². The van der Waals surface area contributed by atoms with Crippen molar-refractivity contribution in [2.75, 3.05) is 12.9 Å². The average Bonchev–Trinajstić information content (AvgIpc) is 2.60. The van der Waals surface area contributed by atoms with Gasteiger partial charge in [-0.25, -0.2) is 8.42 Å². The topological polar surface area (TPSA) is 72.5 Å². The van der Waals surface area contributed by atoms with Gasteiger partial charge in [0.25, 0.3) is 0 Å². The molecular formula is C18H21NO4S. The summed E-state index contributed by atoms with van der Waals surface area (Å²) < 4.78 is 29.8. The van der Waals surface area contributed by atoms with Gasteiger partial charge in [0.2, 0.25) is 5.91 Å². The molecule has 1 amide bonds. The molecule has 0 aliphatic carbocycles. The van der Waals surface area contributed by atoms with Crippen LogP contribution in [0.3, 0.4) is 0 Å². The first-order chi connectivity index (χ1) is 11.4. The van der Waals surface area contributed by atoms with Crippen LogP contribution >= 0.6 is 0 Å². The molecule has 0 unspecified atom stereocenters.